The summed E-state index contributed by atoms with van der Waals surface area (Å²) in [6.07, 6.45) is -18.0. The van der Waals surface area contributed by atoms with Crippen LogP contribution in [0.4, 0.5) is 0 Å². The van der Waals surface area contributed by atoms with E-state index < -0.39 is 116 Å². The summed E-state index contributed by atoms with van der Waals surface area (Å²) in [7, 11) is 0. The topological polar surface area (TPSA) is 232 Å². The smallest absolute Gasteiger partial charge is 0.338 e. The van der Waals surface area contributed by atoms with Gasteiger partial charge in [0.25, 0.3) is 0 Å². The summed E-state index contributed by atoms with van der Waals surface area (Å²) < 4.78 is 58.6. The summed E-state index contributed by atoms with van der Waals surface area (Å²) >= 11 is 0. The number of carbonyl (C=O) groups is 7. The number of esters is 7. The lowest BCUT2D eigenvalue weighted by atomic mass is 9.95. The maximum atomic E-state index is 14.1. The largest absolute Gasteiger partial charge is 0.463 e. The molecule has 0 radical (unpaired) electrons. The number of aliphatic hydroxyl groups excluding tert-OH is 1. The number of aliphatic hydroxyl groups is 1. The first kappa shape index (κ1) is 46.5. The van der Waals surface area contributed by atoms with Crippen LogP contribution in [-0.2, 0) is 61.8 Å². The van der Waals surface area contributed by atoms with Gasteiger partial charge in [0.2, 0.25) is 0 Å². The summed E-state index contributed by atoms with van der Waals surface area (Å²) in [5.41, 5.74) is 0.208. The number of benzene rings is 4. The zero-order valence-electron chi connectivity index (χ0n) is 34.6. The Morgan fingerprint density at radius 3 is 1.25 bits per heavy atom. The lowest BCUT2D eigenvalue weighted by Gasteiger charge is -2.48. The Bertz CT molecular complexity index is 2240. The molecule has 4 aromatic carbocycles. The zero-order valence-corrected chi connectivity index (χ0v) is 34.6. The van der Waals surface area contributed by atoms with Gasteiger partial charge in [0.05, 0.1) is 22.3 Å². The average molecular weight is 885 g/mol. The lowest BCUT2D eigenvalue weighted by Crippen LogP contribution is -2.67. The van der Waals surface area contributed by atoms with Gasteiger partial charge in [-0.1, -0.05) is 72.8 Å². The van der Waals surface area contributed by atoms with Crippen LogP contribution in [-0.4, -0.2) is 122 Å². The Hall–Kier alpha value is -6.99. The second kappa shape index (κ2) is 21.9. The molecule has 10 atom stereocenters. The van der Waals surface area contributed by atoms with E-state index in [1.165, 1.54) is 48.5 Å². The number of hydrogen-bond donors (Lipinski definition) is 1. The van der Waals surface area contributed by atoms with Gasteiger partial charge in [-0.2, -0.15) is 0 Å². The van der Waals surface area contributed by atoms with E-state index in [1.54, 1.807) is 72.8 Å². The van der Waals surface area contributed by atoms with Crippen LogP contribution in [0.2, 0.25) is 0 Å². The van der Waals surface area contributed by atoms with Crippen molar-refractivity contribution in [1.82, 2.24) is 0 Å². The van der Waals surface area contributed by atoms with E-state index in [4.69, 9.17) is 47.4 Å². The number of rotatable bonds is 15. The molecule has 2 saturated heterocycles. The molecule has 6 rings (SSSR count). The van der Waals surface area contributed by atoms with Crippen LogP contribution >= 0.6 is 0 Å². The van der Waals surface area contributed by atoms with Crippen molar-refractivity contribution in [3.63, 3.8) is 0 Å². The molecule has 64 heavy (non-hydrogen) atoms. The molecule has 4 aromatic rings. The highest BCUT2D eigenvalue weighted by Crippen LogP contribution is 2.36. The Morgan fingerprint density at radius 2 is 0.797 bits per heavy atom. The predicted octanol–water partition coefficient (Wildman–Crippen LogP) is 3.77. The Labute approximate surface area is 366 Å². The second-order valence-electron chi connectivity index (χ2n) is 14.3. The van der Waals surface area contributed by atoms with Crippen LogP contribution in [0.1, 0.15) is 62.2 Å². The fourth-order valence-electron chi connectivity index (χ4n) is 6.83. The van der Waals surface area contributed by atoms with Crippen LogP contribution in [0.5, 0.6) is 0 Å². The van der Waals surface area contributed by atoms with Crippen molar-refractivity contribution in [2.75, 3.05) is 13.2 Å². The number of ether oxygens (including phenoxy) is 10. The maximum Gasteiger partial charge on any atom is 0.338 e. The molecule has 1 N–H and O–H groups in total. The molecule has 18 heteroatoms. The lowest BCUT2D eigenvalue weighted by molar-refractivity contribution is -0.355. The Balaban J connectivity index is 1.50. The van der Waals surface area contributed by atoms with Gasteiger partial charge in [-0.05, 0) is 48.5 Å². The summed E-state index contributed by atoms with van der Waals surface area (Å²) in [5.74, 6) is -6.44. The maximum absolute atomic E-state index is 14.1. The van der Waals surface area contributed by atoms with Gasteiger partial charge in [0.15, 0.2) is 43.1 Å². The van der Waals surface area contributed by atoms with Crippen molar-refractivity contribution < 1.29 is 86.0 Å². The molecule has 2 aliphatic heterocycles. The third kappa shape index (κ3) is 12.1. The molecule has 0 aliphatic carbocycles. The molecule has 2 heterocycles. The Morgan fingerprint density at radius 1 is 0.422 bits per heavy atom. The molecule has 2 fully saturated rings. The minimum Gasteiger partial charge on any atom is -0.463 e. The van der Waals surface area contributed by atoms with E-state index >= 15 is 0 Å². The highest BCUT2D eigenvalue weighted by atomic mass is 16.8. The minimum atomic E-state index is -2.02. The molecule has 336 valence electrons. The van der Waals surface area contributed by atoms with Gasteiger partial charge < -0.3 is 52.5 Å². The molecule has 0 spiro atoms. The van der Waals surface area contributed by atoms with E-state index in [0.717, 1.165) is 20.8 Å². The fourth-order valence-corrected chi connectivity index (χ4v) is 6.83. The molecule has 2 aliphatic rings. The van der Waals surface area contributed by atoms with Crippen molar-refractivity contribution in [3.8, 4) is 0 Å². The minimum absolute atomic E-state index is 0.00430. The van der Waals surface area contributed by atoms with Crippen LogP contribution in [0.25, 0.3) is 0 Å². The summed E-state index contributed by atoms with van der Waals surface area (Å²) in [4.78, 5) is 92.4. The van der Waals surface area contributed by atoms with Crippen LogP contribution in [0, 0.1) is 0 Å². The van der Waals surface area contributed by atoms with E-state index in [9.17, 15) is 38.7 Å². The molecular weight excluding hydrogens is 840 g/mol. The van der Waals surface area contributed by atoms with Crippen LogP contribution in [0.15, 0.2) is 121 Å². The van der Waals surface area contributed by atoms with Crippen molar-refractivity contribution >= 4 is 41.8 Å². The highest BCUT2D eigenvalue weighted by molar-refractivity contribution is 5.91. The standard InChI is InChI=1S/C46H44O18/c1-26(47)55-24-33-35(57-27(2)48)37(39(45(54)59-33)58-28(3)49)64-46-40(63-44(53)32-22-14-7-15-23-32)38(62-43(52)31-20-12-6-13-21-31)36(61-42(51)30-18-10-5-11-19-30)34(60-46)25-56-41(50)29-16-8-4-9-17-29/h4-23,33-40,45-46,54H,24-25H2,1-3H3/t33-,34-,35-,36-,37+,38+,39+,40+,45+,46-/m1/s1. The first-order valence-electron chi connectivity index (χ1n) is 19.9. The third-order valence-corrected chi connectivity index (χ3v) is 9.69. The predicted molar refractivity (Wildman–Crippen MR) is 216 cm³/mol. The quantitative estimate of drug-likeness (QED) is 0.132. The van der Waals surface area contributed by atoms with Crippen molar-refractivity contribution in [3.05, 3.63) is 144 Å². The molecule has 0 aromatic heterocycles. The molecule has 0 amide bonds. The van der Waals surface area contributed by atoms with Gasteiger partial charge in [-0.15, -0.1) is 0 Å². The molecule has 18 nitrogen and oxygen atoms in total. The van der Waals surface area contributed by atoms with Gasteiger partial charge in [-0.25, -0.2) is 19.2 Å². The summed E-state index contributed by atoms with van der Waals surface area (Å²) in [6.45, 7) is 1.82. The van der Waals surface area contributed by atoms with E-state index in [0.29, 0.717) is 0 Å². The monoisotopic (exact) mass is 884 g/mol. The van der Waals surface area contributed by atoms with Crippen molar-refractivity contribution in [2.24, 2.45) is 0 Å². The van der Waals surface area contributed by atoms with Crippen LogP contribution in [0.3, 0.4) is 0 Å². The van der Waals surface area contributed by atoms with Crippen LogP contribution < -0.4 is 0 Å². The third-order valence-electron chi connectivity index (χ3n) is 9.69. The van der Waals surface area contributed by atoms with Gasteiger partial charge in [0, 0.05) is 20.8 Å². The molecule has 0 bridgehead atoms. The van der Waals surface area contributed by atoms with Gasteiger partial charge >= 0.3 is 41.8 Å². The first-order chi connectivity index (χ1) is 30.8. The van der Waals surface area contributed by atoms with Gasteiger partial charge in [-0.3, -0.25) is 14.4 Å². The fraction of sp³-hybridized carbons (Fsp3) is 0.326. The molecule has 0 saturated carbocycles. The molecule has 0 unspecified atom stereocenters. The Kier molecular flexibility index (Phi) is 15.9. The van der Waals surface area contributed by atoms with Crippen molar-refractivity contribution in [2.45, 2.75) is 82.2 Å². The highest BCUT2D eigenvalue weighted by Gasteiger charge is 2.58. The summed E-state index contributed by atoms with van der Waals surface area (Å²) in [5, 5.41) is 11.2. The van der Waals surface area contributed by atoms with E-state index in [-0.39, 0.29) is 22.3 Å². The van der Waals surface area contributed by atoms with Gasteiger partial charge in [0.1, 0.15) is 31.5 Å². The zero-order chi connectivity index (χ0) is 45.8. The average Bonchev–Trinajstić information content (AvgIpc) is 3.29. The normalized spacial score (nSPS) is 25.1. The van der Waals surface area contributed by atoms with E-state index in [2.05, 4.69) is 0 Å². The van der Waals surface area contributed by atoms with Crippen molar-refractivity contribution in [1.29, 1.82) is 0 Å². The second-order valence-corrected chi connectivity index (χ2v) is 14.3. The number of hydrogen-bond acceptors (Lipinski definition) is 18. The first-order valence-corrected chi connectivity index (χ1v) is 19.9. The molecular formula is C46H44O18. The summed E-state index contributed by atoms with van der Waals surface area (Å²) in [6, 6.07) is 30.8. The van der Waals surface area contributed by atoms with E-state index in [1.807, 2.05) is 0 Å². The number of carbonyl (C=O) groups excluding carboxylic acids is 7. The SMILES string of the molecule is CC(=O)OC[C@H]1O[C@H](O)[C@@H](OC(C)=O)[C@@H](O[C@H]2O[C@H](COC(=O)c3ccccc3)[C@@H](OC(=O)c3ccccc3)[C@H](OC(=O)c3ccccc3)[C@@H]2OC(=O)c2ccccc2)[C@@H]1OC(C)=O.